The zero-order valence-electron chi connectivity index (χ0n) is 8.58. The summed E-state index contributed by atoms with van der Waals surface area (Å²) in [5.41, 5.74) is 1.02. The number of rotatable bonds is 4. The summed E-state index contributed by atoms with van der Waals surface area (Å²) < 4.78 is 5.51. The minimum absolute atomic E-state index is 0.693. The quantitative estimate of drug-likeness (QED) is 0.709. The van der Waals surface area contributed by atoms with Gasteiger partial charge in [0.2, 0.25) is 0 Å². The molecule has 2 nitrogen and oxygen atoms in total. The number of nitrogens with zero attached hydrogens (tertiary/aromatic N) is 1. The molecule has 1 aromatic rings. The van der Waals surface area contributed by atoms with Crippen LogP contribution in [0.2, 0.25) is 0 Å². The smallest absolute Gasteiger partial charge is 0.137 e. The molecule has 0 saturated heterocycles. The van der Waals surface area contributed by atoms with Gasteiger partial charge in [0.05, 0.1) is 12.8 Å². The van der Waals surface area contributed by atoms with E-state index in [1.807, 2.05) is 19.1 Å². The first-order valence-corrected chi connectivity index (χ1v) is 4.74. The second kappa shape index (κ2) is 4.85. The monoisotopic (exact) mass is 179 g/mol. The maximum absolute atomic E-state index is 5.51. The summed E-state index contributed by atoms with van der Waals surface area (Å²) in [5.74, 6) is 1.56. The minimum atomic E-state index is 0.693. The van der Waals surface area contributed by atoms with Crippen molar-refractivity contribution in [2.45, 2.75) is 27.2 Å². The van der Waals surface area contributed by atoms with E-state index in [0.717, 1.165) is 24.5 Å². The molecule has 0 aliphatic carbocycles. The Labute approximate surface area is 80.0 Å². The van der Waals surface area contributed by atoms with Crippen molar-refractivity contribution in [1.29, 1.82) is 0 Å². The Hall–Kier alpha value is -1.05. The highest BCUT2D eigenvalue weighted by atomic mass is 16.5. The lowest BCUT2D eigenvalue weighted by Gasteiger charge is -2.07. The van der Waals surface area contributed by atoms with E-state index in [-0.39, 0.29) is 0 Å². The van der Waals surface area contributed by atoms with Crippen LogP contribution in [0.3, 0.4) is 0 Å². The van der Waals surface area contributed by atoms with Gasteiger partial charge in [-0.25, -0.2) is 0 Å². The van der Waals surface area contributed by atoms with Crippen LogP contribution >= 0.6 is 0 Å². The van der Waals surface area contributed by atoms with Crippen molar-refractivity contribution >= 4 is 0 Å². The predicted octanol–water partition coefficient (Wildman–Crippen LogP) is 2.81. The fourth-order valence-electron chi connectivity index (χ4n) is 0.952. The number of ether oxygens (including phenoxy) is 1. The molecule has 0 radical (unpaired) electrons. The topological polar surface area (TPSA) is 22.1 Å². The average molecular weight is 179 g/mol. The predicted molar refractivity (Wildman–Crippen MR) is 53.9 cm³/mol. The molecule has 13 heavy (non-hydrogen) atoms. The lowest BCUT2D eigenvalue weighted by atomic mass is 10.1. The fourth-order valence-corrected chi connectivity index (χ4v) is 0.952. The molecule has 0 aliphatic heterocycles. The molecule has 0 spiro atoms. The zero-order chi connectivity index (χ0) is 9.68. The standard InChI is InChI=1S/C11H17NO/c1-9(2)6-7-13-11-5-4-10(3)12-8-11/h4-5,8-9H,6-7H2,1-3H3. The van der Waals surface area contributed by atoms with E-state index in [0.29, 0.717) is 5.92 Å². The summed E-state index contributed by atoms with van der Waals surface area (Å²) in [4.78, 5) is 4.15. The number of aromatic nitrogens is 1. The van der Waals surface area contributed by atoms with Crippen molar-refractivity contribution in [2.75, 3.05) is 6.61 Å². The van der Waals surface area contributed by atoms with Crippen LogP contribution in [0.5, 0.6) is 5.75 Å². The molecular formula is C11H17NO. The third-order valence-electron chi connectivity index (χ3n) is 1.85. The third kappa shape index (κ3) is 3.92. The zero-order valence-corrected chi connectivity index (χ0v) is 8.58. The van der Waals surface area contributed by atoms with Crippen LogP contribution in [0.1, 0.15) is 26.0 Å². The lowest BCUT2D eigenvalue weighted by Crippen LogP contribution is -2.01. The molecule has 0 N–H and O–H groups in total. The Morgan fingerprint density at radius 2 is 2.15 bits per heavy atom. The molecule has 0 unspecified atom stereocenters. The molecule has 1 aromatic heterocycles. The van der Waals surface area contributed by atoms with E-state index < -0.39 is 0 Å². The van der Waals surface area contributed by atoms with Gasteiger partial charge in [-0.05, 0) is 31.4 Å². The van der Waals surface area contributed by atoms with Crippen LogP contribution in [-0.4, -0.2) is 11.6 Å². The highest BCUT2D eigenvalue weighted by Gasteiger charge is 1.96. The molecule has 0 bridgehead atoms. The molecule has 0 aromatic carbocycles. The van der Waals surface area contributed by atoms with E-state index >= 15 is 0 Å². The van der Waals surface area contributed by atoms with Crippen LogP contribution in [0.25, 0.3) is 0 Å². The minimum Gasteiger partial charge on any atom is -0.492 e. The lowest BCUT2D eigenvalue weighted by molar-refractivity contribution is 0.288. The highest BCUT2D eigenvalue weighted by molar-refractivity contribution is 5.18. The molecule has 1 heterocycles. The van der Waals surface area contributed by atoms with Gasteiger partial charge in [0.1, 0.15) is 5.75 Å². The Bertz CT molecular complexity index is 241. The summed E-state index contributed by atoms with van der Waals surface area (Å²) in [6.45, 7) is 7.13. The Kier molecular flexibility index (Phi) is 3.74. The molecule has 0 atom stereocenters. The van der Waals surface area contributed by atoms with Crippen molar-refractivity contribution in [2.24, 2.45) is 5.92 Å². The summed E-state index contributed by atoms with van der Waals surface area (Å²) >= 11 is 0. The molecule has 2 heteroatoms. The van der Waals surface area contributed by atoms with Crippen molar-refractivity contribution in [3.63, 3.8) is 0 Å². The maximum Gasteiger partial charge on any atom is 0.137 e. The number of aryl methyl sites for hydroxylation is 1. The van der Waals surface area contributed by atoms with Gasteiger partial charge in [0.25, 0.3) is 0 Å². The third-order valence-corrected chi connectivity index (χ3v) is 1.85. The van der Waals surface area contributed by atoms with E-state index in [2.05, 4.69) is 18.8 Å². The van der Waals surface area contributed by atoms with Gasteiger partial charge < -0.3 is 4.74 Å². The average Bonchev–Trinajstić information content (AvgIpc) is 2.08. The fraction of sp³-hybridized carbons (Fsp3) is 0.545. The van der Waals surface area contributed by atoms with Crippen molar-refractivity contribution < 1.29 is 4.74 Å². The Morgan fingerprint density at radius 1 is 1.38 bits per heavy atom. The van der Waals surface area contributed by atoms with Crippen LogP contribution in [0.4, 0.5) is 0 Å². The van der Waals surface area contributed by atoms with Gasteiger partial charge in [-0.3, -0.25) is 4.98 Å². The second-order valence-corrected chi connectivity index (χ2v) is 3.67. The number of hydrogen-bond acceptors (Lipinski definition) is 2. The van der Waals surface area contributed by atoms with Crippen molar-refractivity contribution in [3.8, 4) is 5.75 Å². The van der Waals surface area contributed by atoms with E-state index in [4.69, 9.17) is 4.74 Å². The van der Waals surface area contributed by atoms with E-state index in [9.17, 15) is 0 Å². The summed E-state index contributed by atoms with van der Waals surface area (Å²) in [5, 5.41) is 0. The summed E-state index contributed by atoms with van der Waals surface area (Å²) in [6.07, 6.45) is 2.86. The molecular weight excluding hydrogens is 162 g/mol. The molecule has 0 fully saturated rings. The molecule has 0 saturated carbocycles. The van der Waals surface area contributed by atoms with Crippen LogP contribution in [-0.2, 0) is 0 Å². The van der Waals surface area contributed by atoms with Crippen LogP contribution in [0.15, 0.2) is 18.3 Å². The van der Waals surface area contributed by atoms with Crippen LogP contribution < -0.4 is 4.74 Å². The number of pyridine rings is 1. The Morgan fingerprint density at radius 3 is 2.69 bits per heavy atom. The molecule has 0 amide bonds. The maximum atomic E-state index is 5.51. The van der Waals surface area contributed by atoms with E-state index in [1.165, 1.54) is 0 Å². The normalized spacial score (nSPS) is 10.5. The summed E-state index contributed by atoms with van der Waals surface area (Å²) in [7, 11) is 0. The van der Waals surface area contributed by atoms with Gasteiger partial charge >= 0.3 is 0 Å². The SMILES string of the molecule is Cc1ccc(OCCC(C)C)cn1. The molecule has 72 valence electrons. The first-order valence-electron chi connectivity index (χ1n) is 4.74. The van der Waals surface area contributed by atoms with Crippen molar-refractivity contribution in [1.82, 2.24) is 4.98 Å². The first kappa shape index (κ1) is 10.0. The van der Waals surface area contributed by atoms with Gasteiger partial charge in [-0.2, -0.15) is 0 Å². The van der Waals surface area contributed by atoms with E-state index in [1.54, 1.807) is 6.20 Å². The highest BCUT2D eigenvalue weighted by Crippen LogP contribution is 2.09. The number of hydrogen-bond donors (Lipinski definition) is 0. The Balaban J connectivity index is 2.33. The van der Waals surface area contributed by atoms with Gasteiger partial charge in [0, 0.05) is 5.69 Å². The van der Waals surface area contributed by atoms with Gasteiger partial charge in [-0.15, -0.1) is 0 Å². The first-order chi connectivity index (χ1) is 6.18. The van der Waals surface area contributed by atoms with Crippen molar-refractivity contribution in [3.05, 3.63) is 24.0 Å². The van der Waals surface area contributed by atoms with Gasteiger partial charge in [0.15, 0.2) is 0 Å². The second-order valence-electron chi connectivity index (χ2n) is 3.67. The molecule has 0 aliphatic rings. The molecule has 1 rings (SSSR count). The largest absolute Gasteiger partial charge is 0.492 e. The summed E-state index contributed by atoms with van der Waals surface area (Å²) in [6, 6.07) is 3.92. The van der Waals surface area contributed by atoms with Crippen LogP contribution in [0, 0.1) is 12.8 Å². The van der Waals surface area contributed by atoms with Gasteiger partial charge in [-0.1, -0.05) is 13.8 Å².